The van der Waals surface area contributed by atoms with Gasteiger partial charge in [-0.2, -0.15) is 0 Å². The van der Waals surface area contributed by atoms with Crippen molar-refractivity contribution in [3.05, 3.63) is 35.4 Å². The van der Waals surface area contributed by atoms with E-state index in [0.717, 1.165) is 11.1 Å². The van der Waals surface area contributed by atoms with Gasteiger partial charge in [-0.05, 0) is 36.8 Å². The molecule has 1 aromatic rings. The summed E-state index contributed by atoms with van der Waals surface area (Å²) < 4.78 is 5.51. The van der Waals surface area contributed by atoms with Crippen LogP contribution in [0, 0.1) is 12.8 Å². The van der Waals surface area contributed by atoms with Crippen molar-refractivity contribution in [2.75, 3.05) is 13.2 Å². The highest BCUT2D eigenvalue weighted by atomic mass is 16.5. The van der Waals surface area contributed by atoms with E-state index in [0.29, 0.717) is 12.5 Å². The molecule has 3 nitrogen and oxygen atoms in total. The van der Waals surface area contributed by atoms with Gasteiger partial charge < -0.3 is 9.84 Å². The maximum Gasteiger partial charge on any atom is 0.313 e. The minimum Gasteiger partial charge on any atom is -0.481 e. The lowest BCUT2D eigenvalue weighted by atomic mass is 9.96. The standard InChI is InChI=1S/C14H18O3/c1-10-4-2-3-5-12(10)13(14(15)16)9-17-8-11-6-7-11/h2-5,11,13H,6-9H2,1H3,(H,15,16). The first kappa shape index (κ1) is 12.1. The third kappa shape index (κ3) is 3.30. The zero-order valence-corrected chi connectivity index (χ0v) is 10.1. The van der Waals surface area contributed by atoms with E-state index in [2.05, 4.69) is 0 Å². The molecule has 17 heavy (non-hydrogen) atoms. The van der Waals surface area contributed by atoms with Crippen molar-refractivity contribution >= 4 is 5.97 Å². The second kappa shape index (κ2) is 5.32. The van der Waals surface area contributed by atoms with Gasteiger partial charge in [-0.1, -0.05) is 24.3 Å². The average Bonchev–Trinajstić information content (AvgIpc) is 3.09. The number of hydrogen-bond acceptors (Lipinski definition) is 2. The zero-order valence-electron chi connectivity index (χ0n) is 10.1. The molecular formula is C14H18O3. The van der Waals surface area contributed by atoms with Gasteiger partial charge in [-0.25, -0.2) is 0 Å². The first-order chi connectivity index (χ1) is 8.18. The maximum atomic E-state index is 11.3. The fraction of sp³-hybridized carbons (Fsp3) is 0.500. The Morgan fingerprint density at radius 2 is 2.18 bits per heavy atom. The normalized spacial score (nSPS) is 16.8. The quantitative estimate of drug-likeness (QED) is 0.823. The van der Waals surface area contributed by atoms with Gasteiger partial charge in [0.25, 0.3) is 0 Å². The molecule has 2 rings (SSSR count). The van der Waals surface area contributed by atoms with Crippen LogP contribution in [0.5, 0.6) is 0 Å². The monoisotopic (exact) mass is 234 g/mol. The first-order valence-electron chi connectivity index (χ1n) is 6.04. The van der Waals surface area contributed by atoms with Crippen molar-refractivity contribution in [1.82, 2.24) is 0 Å². The van der Waals surface area contributed by atoms with Gasteiger partial charge in [-0.15, -0.1) is 0 Å². The van der Waals surface area contributed by atoms with Crippen LogP contribution in [0.15, 0.2) is 24.3 Å². The van der Waals surface area contributed by atoms with Gasteiger partial charge >= 0.3 is 5.97 Å². The predicted octanol–water partition coefficient (Wildman–Crippen LogP) is 2.59. The molecule has 0 saturated heterocycles. The van der Waals surface area contributed by atoms with Crippen LogP contribution in [0.4, 0.5) is 0 Å². The molecule has 1 atom stereocenters. The van der Waals surface area contributed by atoms with E-state index >= 15 is 0 Å². The van der Waals surface area contributed by atoms with Crippen LogP contribution in [0.3, 0.4) is 0 Å². The van der Waals surface area contributed by atoms with E-state index in [1.54, 1.807) is 0 Å². The van der Waals surface area contributed by atoms with Crippen LogP contribution in [-0.2, 0) is 9.53 Å². The highest BCUT2D eigenvalue weighted by Gasteiger charge is 2.25. The number of ether oxygens (including phenoxy) is 1. The summed E-state index contributed by atoms with van der Waals surface area (Å²) >= 11 is 0. The Labute approximate surface area is 101 Å². The second-order valence-electron chi connectivity index (χ2n) is 4.73. The van der Waals surface area contributed by atoms with Crippen molar-refractivity contribution < 1.29 is 14.6 Å². The van der Waals surface area contributed by atoms with E-state index in [4.69, 9.17) is 4.74 Å². The van der Waals surface area contributed by atoms with Crippen LogP contribution < -0.4 is 0 Å². The number of rotatable bonds is 6. The lowest BCUT2D eigenvalue weighted by Gasteiger charge is -2.15. The van der Waals surface area contributed by atoms with Gasteiger partial charge in [0.05, 0.1) is 6.61 Å². The molecule has 0 amide bonds. The summed E-state index contributed by atoms with van der Waals surface area (Å²) in [6, 6.07) is 7.60. The summed E-state index contributed by atoms with van der Waals surface area (Å²) in [7, 11) is 0. The van der Waals surface area contributed by atoms with Crippen molar-refractivity contribution in [2.24, 2.45) is 5.92 Å². The smallest absolute Gasteiger partial charge is 0.313 e. The van der Waals surface area contributed by atoms with Crippen LogP contribution >= 0.6 is 0 Å². The Morgan fingerprint density at radius 1 is 1.47 bits per heavy atom. The van der Waals surface area contributed by atoms with E-state index in [1.165, 1.54) is 12.8 Å². The molecule has 1 unspecified atom stereocenters. The lowest BCUT2D eigenvalue weighted by molar-refractivity contribution is -0.140. The fourth-order valence-electron chi connectivity index (χ4n) is 1.91. The van der Waals surface area contributed by atoms with Crippen LogP contribution in [0.2, 0.25) is 0 Å². The number of carboxylic acid groups (broad SMARTS) is 1. The fourth-order valence-corrected chi connectivity index (χ4v) is 1.91. The molecule has 0 aromatic heterocycles. The van der Waals surface area contributed by atoms with E-state index in [1.807, 2.05) is 31.2 Å². The molecular weight excluding hydrogens is 216 g/mol. The zero-order chi connectivity index (χ0) is 12.3. The molecule has 92 valence electrons. The number of aliphatic carboxylic acids is 1. The minimum absolute atomic E-state index is 0.274. The molecule has 0 aliphatic heterocycles. The third-order valence-electron chi connectivity index (χ3n) is 3.20. The van der Waals surface area contributed by atoms with Crippen molar-refractivity contribution in [1.29, 1.82) is 0 Å². The topological polar surface area (TPSA) is 46.5 Å². The van der Waals surface area contributed by atoms with Gasteiger partial charge in [0.2, 0.25) is 0 Å². The van der Waals surface area contributed by atoms with Gasteiger partial charge in [0.15, 0.2) is 0 Å². The summed E-state index contributed by atoms with van der Waals surface area (Å²) in [5.74, 6) is -0.689. The molecule has 0 spiro atoms. The Bertz CT molecular complexity index is 396. The predicted molar refractivity (Wildman–Crippen MR) is 65.1 cm³/mol. The molecule has 0 radical (unpaired) electrons. The number of carboxylic acids is 1. The lowest BCUT2D eigenvalue weighted by Crippen LogP contribution is -2.19. The Hall–Kier alpha value is -1.35. The van der Waals surface area contributed by atoms with Gasteiger partial charge in [-0.3, -0.25) is 4.79 Å². The molecule has 0 bridgehead atoms. The average molecular weight is 234 g/mol. The van der Waals surface area contributed by atoms with Crippen molar-refractivity contribution in [3.8, 4) is 0 Å². The number of benzene rings is 1. The molecule has 1 N–H and O–H groups in total. The van der Waals surface area contributed by atoms with Crippen molar-refractivity contribution in [2.45, 2.75) is 25.7 Å². The Kier molecular flexibility index (Phi) is 3.79. The largest absolute Gasteiger partial charge is 0.481 e. The summed E-state index contributed by atoms with van der Waals surface area (Å²) in [6.07, 6.45) is 2.45. The van der Waals surface area contributed by atoms with Crippen molar-refractivity contribution in [3.63, 3.8) is 0 Å². The highest BCUT2D eigenvalue weighted by molar-refractivity contribution is 5.76. The molecule has 1 aromatic carbocycles. The van der Waals surface area contributed by atoms with E-state index in [9.17, 15) is 9.90 Å². The molecule has 1 aliphatic carbocycles. The van der Waals surface area contributed by atoms with Gasteiger partial charge in [0.1, 0.15) is 5.92 Å². The second-order valence-corrected chi connectivity index (χ2v) is 4.73. The van der Waals surface area contributed by atoms with Crippen LogP contribution in [0.25, 0.3) is 0 Å². The molecule has 1 aliphatic rings. The van der Waals surface area contributed by atoms with Gasteiger partial charge in [0, 0.05) is 6.61 Å². The SMILES string of the molecule is Cc1ccccc1C(COCC1CC1)C(=O)O. The molecule has 1 fully saturated rings. The minimum atomic E-state index is -0.810. The number of carbonyl (C=O) groups is 1. The molecule has 1 saturated carbocycles. The van der Waals surface area contributed by atoms with E-state index in [-0.39, 0.29) is 6.61 Å². The number of aryl methyl sites for hydroxylation is 1. The summed E-state index contributed by atoms with van der Waals surface area (Å²) in [4.78, 5) is 11.3. The Balaban J connectivity index is 2.00. The summed E-state index contributed by atoms with van der Waals surface area (Å²) in [6.45, 7) is 2.92. The van der Waals surface area contributed by atoms with E-state index < -0.39 is 11.9 Å². The van der Waals surface area contributed by atoms with Crippen LogP contribution in [-0.4, -0.2) is 24.3 Å². The molecule has 3 heteroatoms. The molecule has 0 heterocycles. The number of hydrogen-bond donors (Lipinski definition) is 1. The maximum absolute atomic E-state index is 11.3. The Morgan fingerprint density at radius 3 is 2.76 bits per heavy atom. The first-order valence-corrected chi connectivity index (χ1v) is 6.04. The summed E-state index contributed by atoms with van der Waals surface area (Å²) in [5, 5.41) is 9.25. The third-order valence-corrected chi connectivity index (χ3v) is 3.20. The summed E-state index contributed by atoms with van der Waals surface area (Å²) in [5.41, 5.74) is 1.87. The van der Waals surface area contributed by atoms with Crippen LogP contribution in [0.1, 0.15) is 29.9 Å². The highest BCUT2D eigenvalue weighted by Crippen LogP contribution is 2.29.